The van der Waals surface area contributed by atoms with Crippen LogP contribution in [0.1, 0.15) is 33.1 Å². The summed E-state index contributed by atoms with van der Waals surface area (Å²) in [6.07, 6.45) is 2.41. The number of carbonyl (C=O) groups is 4. The van der Waals surface area contributed by atoms with Gasteiger partial charge < -0.3 is 31.5 Å². The van der Waals surface area contributed by atoms with Crippen molar-refractivity contribution in [2.45, 2.75) is 63.4 Å². The van der Waals surface area contributed by atoms with E-state index in [0.29, 0.717) is 12.2 Å². The molecule has 0 aromatic carbocycles. The van der Waals surface area contributed by atoms with Crippen LogP contribution in [-0.2, 0) is 19.2 Å². The Kier molecular flexibility index (Phi) is 10.3. The lowest BCUT2D eigenvalue weighted by atomic mass is 10.1. The molecule has 11 heteroatoms. The molecule has 10 nitrogen and oxygen atoms in total. The number of aliphatic carboxylic acids is 1. The SMILES string of the molecule is CSCCC(NC(=O)C(C)NC(=O)C1CCCN1)C(=O)NC(C(=O)O)C(C)O. The molecular weight excluding hydrogens is 388 g/mol. The Labute approximate surface area is 168 Å². The summed E-state index contributed by atoms with van der Waals surface area (Å²) in [5, 5.41) is 29.1. The number of rotatable bonds is 11. The zero-order chi connectivity index (χ0) is 21.3. The average molecular weight is 419 g/mol. The molecule has 0 spiro atoms. The van der Waals surface area contributed by atoms with Crippen molar-refractivity contribution in [3.05, 3.63) is 0 Å². The highest BCUT2D eigenvalue weighted by Gasteiger charge is 2.31. The van der Waals surface area contributed by atoms with Crippen LogP contribution >= 0.6 is 11.8 Å². The Morgan fingerprint density at radius 2 is 1.82 bits per heavy atom. The predicted octanol–water partition coefficient (Wildman–Crippen LogP) is -1.57. The largest absolute Gasteiger partial charge is 0.480 e. The first-order valence-electron chi connectivity index (χ1n) is 9.21. The number of carboxylic acids is 1. The van der Waals surface area contributed by atoms with Crippen LogP contribution in [0.3, 0.4) is 0 Å². The second-order valence-corrected chi connectivity index (χ2v) is 7.77. The summed E-state index contributed by atoms with van der Waals surface area (Å²) in [4.78, 5) is 48.2. The normalized spacial score (nSPS) is 20.5. The van der Waals surface area contributed by atoms with E-state index < -0.39 is 42.0 Å². The summed E-state index contributed by atoms with van der Waals surface area (Å²) in [6.45, 7) is 3.52. The fourth-order valence-corrected chi connectivity index (χ4v) is 3.20. The highest BCUT2D eigenvalue weighted by atomic mass is 32.2. The van der Waals surface area contributed by atoms with Crippen LogP contribution < -0.4 is 21.3 Å². The van der Waals surface area contributed by atoms with Crippen molar-refractivity contribution in [3.63, 3.8) is 0 Å². The number of thioether (sulfide) groups is 1. The zero-order valence-electron chi connectivity index (χ0n) is 16.4. The summed E-state index contributed by atoms with van der Waals surface area (Å²) in [6, 6.07) is -3.64. The van der Waals surface area contributed by atoms with Gasteiger partial charge in [-0.1, -0.05) is 0 Å². The van der Waals surface area contributed by atoms with Gasteiger partial charge in [0.25, 0.3) is 0 Å². The third kappa shape index (κ3) is 7.64. The Bertz CT molecular complexity index is 568. The van der Waals surface area contributed by atoms with Gasteiger partial charge in [-0.2, -0.15) is 11.8 Å². The summed E-state index contributed by atoms with van der Waals surface area (Å²) < 4.78 is 0. The molecule has 160 valence electrons. The molecule has 0 aliphatic carbocycles. The topological polar surface area (TPSA) is 157 Å². The molecule has 0 bridgehead atoms. The van der Waals surface area contributed by atoms with Crippen LogP contribution in [0.4, 0.5) is 0 Å². The lowest BCUT2D eigenvalue weighted by molar-refractivity contribution is -0.145. The van der Waals surface area contributed by atoms with Crippen molar-refractivity contribution >= 4 is 35.5 Å². The van der Waals surface area contributed by atoms with E-state index in [2.05, 4.69) is 21.3 Å². The van der Waals surface area contributed by atoms with Gasteiger partial charge in [0.1, 0.15) is 12.1 Å². The number of nitrogens with one attached hydrogen (secondary N) is 4. The molecular formula is C17H30N4O6S. The lowest BCUT2D eigenvalue weighted by Crippen LogP contribution is -2.57. The summed E-state index contributed by atoms with van der Waals surface area (Å²) in [7, 11) is 0. The first kappa shape index (κ1) is 24.2. The first-order valence-corrected chi connectivity index (χ1v) is 10.6. The highest BCUT2D eigenvalue weighted by Crippen LogP contribution is 2.06. The van der Waals surface area contributed by atoms with Crippen LogP contribution in [0.15, 0.2) is 0 Å². The number of carbonyl (C=O) groups excluding carboxylic acids is 3. The van der Waals surface area contributed by atoms with Gasteiger partial charge in [-0.3, -0.25) is 14.4 Å². The zero-order valence-corrected chi connectivity index (χ0v) is 17.2. The molecule has 1 rings (SSSR count). The van der Waals surface area contributed by atoms with E-state index >= 15 is 0 Å². The Balaban J connectivity index is 2.69. The second kappa shape index (κ2) is 11.9. The Hall–Kier alpha value is -1.85. The van der Waals surface area contributed by atoms with Gasteiger partial charge in [0.15, 0.2) is 6.04 Å². The van der Waals surface area contributed by atoms with Crippen molar-refractivity contribution in [1.82, 2.24) is 21.3 Å². The molecule has 1 heterocycles. The first-order chi connectivity index (χ1) is 13.2. The Morgan fingerprint density at radius 3 is 2.32 bits per heavy atom. The molecule has 3 amide bonds. The standard InChI is InChI=1S/C17H30N4O6S/c1-9(19-15(24)11-5-4-7-18-11)14(23)20-12(6-8-28-3)16(25)21-13(10(2)22)17(26)27/h9-13,18,22H,4-8H2,1-3H3,(H,19,24)(H,20,23)(H,21,25)(H,26,27). The molecule has 0 aromatic heterocycles. The van der Waals surface area contributed by atoms with E-state index in [1.807, 2.05) is 6.26 Å². The maximum absolute atomic E-state index is 12.5. The maximum Gasteiger partial charge on any atom is 0.328 e. The highest BCUT2D eigenvalue weighted by molar-refractivity contribution is 7.98. The molecule has 0 aromatic rings. The van der Waals surface area contributed by atoms with Crippen LogP contribution in [0.25, 0.3) is 0 Å². The minimum Gasteiger partial charge on any atom is -0.480 e. The van der Waals surface area contributed by atoms with Crippen LogP contribution in [0.5, 0.6) is 0 Å². The van der Waals surface area contributed by atoms with Gasteiger partial charge >= 0.3 is 5.97 Å². The molecule has 28 heavy (non-hydrogen) atoms. The van der Waals surface area contributed by atoms with Crippen LogP contribution in [0.2, 0.25) is 0 Å². The average Bonchev–Trinajstić information content (AvgIpc) is 3.16. The Morgan fingerprint density at radius 1 is 1.14 bits per heavy atom. The van der Waals surface area contributed by atoms with Crippen molar-refractivity contribution < 1.29 is 29.4 Å². The summed E-state index contributed by atoms with van der Waals surface area (Å²) in [5.41, 5.74) is 0. The molecule has 1 fully saturated rings. The van der Waals surface area contributed by atoms with Gasteiger partial charge in [0, 0.05) is 0 Å². The van der Waals surface area contributed by atoms with E-state index in [1.54, 1.807) is 0 Å². The number of aliphatic hydroxyl groups excluding tert-OH is 1. The molecule has 0 radical (unpaired) electrons. The quantitative estimate of drug-likeness (QED) is 0.235. The lowest BCUT2D eigenvalue weighted by Gasteiger charge is -2.24. The number of hydrogen-bond acceptors (Lipinski definition) is 7. The third-order valence-corrected chi connectivity index (χ3v) is 5.06. The van der Waals surface area contributed by atoms with Crippen molar-refractivity contribution in [1.29, 1.82) is 0 Å². The minimum absolute atomic E-state index is 0.273. The van der Waals surface area contributed by atoms with Gasteiger partial charge in [0.05, 0.1) is 12.1 Å². The van der Waals surface area contributed by atoms with Gasteiger partial charge in [-0.25, -0.2) is 4.79 Å². The molecule has 5 atom stereocenters. The number of carboxylic acid groups (broad SMARTS) is 1. The van der Waals surface area contributed by atoms with Crippen LogP contribution in [0, 0.1) is 0 Å². The minimum atomic E-state index is -1.48. The van der Waals surface area contributed by atoms with Crippen molar-refractivity contribution in [3.8, 4) is 0 Å². The van der Waals surface area contributed by atoms with Crippen molar-refractivity contribution in [2.24, 2.45) is 0 Å². The fourth-order valence-electron chi connectivity index (χ4n) is 2.73. The van der Waals surface area contributed by atoms with E-state index in [4.69, 9.17) is 5.11 Å². The summed E-state index contributed by atoms with van der Waals surface area (Å²) >= 11 is 1.47. The third-order valence-electron chi connectivity index (χ3n) is 4.42. The van der Waals surface area contributed by atoms with E-state index in [0.717, 1.165) is 13.0 Å². The van der Waals surface area contributed by atoms with Crippen LogP contribution in [-0.4, -0.2) is 82.7 Å². The van der Waals surface area contributed by atoms with E-state index in [9.17, 15) is 24.3 Å². The monoisotopic (exact) mass is 418 g/mol. The molecule has 1 aliphatic heterocycles. The van der Waals surface area contributed by atoms with Gasteiger partial charge in [-0.05, 0) is 51.7 Å². The van der Waals surface area contributed by atoms with E-state index in [-0.39, 0.29) is 18.4 Å². The number of amides is 3. The van der Waals surface area contributed by atoms with E-state index in [1.165, 1.54) is 25.6 Å². The van der Waals surface area contributed by atoms with Gasteiger partial charge in [0.2, 0.25) is 17.7 Å². The molecule has 1 saturated heterocycles. The van der Waals surface area contributed by atoms with Gasteiger partial charge in [-0.15, -0.1) is 0 Å². The van der Waals surface area contributed by atoms with Crippen molar-refractivity contribution in [2.75, 3.05) is 18.6 Å². The molecule has 6 N–H and O–H groups in total. The maximum atomic E-state index is 12.5. The number of aliphatic hydroxyl groups is 1. The second-order valence-electron chi connectivity index (χ2n) is 6.79. The number of hydrogen-bond donors (Lipinski definition) is 6. The predicted molar refractivity (Wildman–Crippen MR) is 105 cm³/mol. The summed E-state index contributed by atoms with van der Waals surface area (Å²) in [5.74, 6) is -2.34. The smallest absolute Gasteiger partial charge is 0.328 e. The molecule has 5 unspecified atom stereocenters. The molecule has 1 aliphatic rings. The molecule has 0 saturated carbocycles. The fraction of sp³-hybridized carbons (Fsp3) is 0.765.